The van der Waals surface area contributed by atoms with Crippen LogP contribution in [-0.2, 0) is 4.79 Å². The molecule has 7 heteroatoms. The van der Waals surface area contributed by atoms with Gasteiger partial charge in [-0.15, -0.1) is 11.3 Å². The normalized spacial score (nSPS) is 16.6. The minimum atomic E-state index is -0.436. The van der Waals surface area contributed by atoms with E-state index in [2.05, 4.69) is 10.4 Å². The first-order chi connectivity index (χ1) is 14.0. The van der Waals surface area contributed by atoms with Crippen LogP contribution in [0.4, 0.5) is 5.69 Å². The zero-order valence-electron chi connectivity index (χ0n) is 16.6. The Hall–Kier alpha value is -2.93. The summed E-state index contributed by atoms with van der Waals surface area (Å²) in [6.07, 6.45) is 2.56. The van der Waals surface area contributed by atoms with Crippen LogP contribution in [0.1, 0.15) is 40.3 Å². The van der Waals surface area contributed by atoms with Gasteiger partial charge < -0.3 is 10.2 Å². The fraction of sp³-hybridized carbons (Fsp3) is 0.318. The lowest BCUT2D eigenvalue weighted by molar-refractivity contribution is -0.121. The second kappa shape index (κ2) is 8.21. The number of aryl methyl sites for hydroxylation is 2. The fourth-order valence-corrected chi connectivity index (χ4v) is 4.47. The molecule has 1 fully saturated rings. The minimum absolute atomic E-state index is 0.0558. The molecule has 1 atom stereocenters. The summed E-state index contributed by atoms with van der Waals surface area (Å²) in [5.41, 5.74) is 3.69. The number of piperidine rings is 1. The molecule has 1 aromatic carbocycles. The van der Waals surface area contributed by atoms with Crippen molar-refractivity contribution >= 4 is 28.8 Å². The number of nitrogens with one attached hydrogen (secondary N) is 1. The quantitative estimate of drug-likeness (QED) is 0.704. The van der Waals surface area contributed by atoms with Crippen molar-refractivity contribution in [3.8, 4) is 5.69 Å². The van der Waals surface area contributed by atoms with Crippen LogP contribution in [0.5, 0.6) is 0 Å². The summed E-state index contributed by atoms with van der Waals surface area (Å²) in [5, 5.41) is 9.35. The highest BCUT2D eigenvalue weighted by molar-refractivity contribution is 7.12. The van der Waals surface area contributed by atoms with Gasteiger partial charge in [0.25, 0.3) is 5.91 Å². The average Bonchev–Trinajstić information content (AvgIpc) is 3.37. The van der Waals surface area contributed by atoms with Crippen LogP contribution in [0, 0.1) is 13.8 Å². The number of carbonyl (C=O) groups excluding carboxylic acids is 2. The average molecular weight is 409 g/mol. The predicted octanol–water partition coefficient (Wildman–Crippen LogP) is 4.18. The van der Waals surface area contributed by atoms with Crippen LogP contribution in [0.3, 0.4) is 0 Å². The molecule has 0 bridgehead atoms. The number of carbonyl (C=O) groups is 2. The standard InChI is InChI=1S/C22H24N4O2S/c1-15-14-16(2)26(24-15)18-10-8-17(9-11-18)23-21(27)19-6-3-4-12-25(19)22(28)20-7-5-13-29-20/h5,7-11,13-14,19H,3-4,6,12H2,1-2H3,(H,23,27)/t19-/m0/s1. The summed E-state index contributed by atoms with van der Waals surface area (Å²) in [4.78, 5) is 28.2. The lowest BCUT2D eigenvalue weighted by Gasteiger charge is -2.34. The molecule has 2 aromatic heterocycles. The maximum absolute atomic E-state index is 12.9. The van der Waals surface area contributed by atoms with E-state index in [0.717, 1.165) is 35.6 Å². The van der Waals surface area contributed by atoms with Crippen LogP contribution in [0.2, 0.25) is 0 Å². The third-order valence-electron chi connectivity index (χ3n) is 5.19. The highest BCUT2D eigenvalue weighted by Crippen LogP contribution is 2.23. The van der Waals surface area contributed by atoms with Gasteiger partial charge in [0.2, 0.25) is 5.91 Å². The van der Waals surface area contributed by atoms with Gasteiger partial charge in [-0.25, -0.2) is 4.68 Å². The van der Waals surface area contributed by atoms with E-state index in [1.807, 2.05) is 66.4 Å². The molecule has 0 saturated carbocycles. The van der Waals surface area contributed by atoms with Gasteiger partial charge in [-0.3, -0.25) is 9.59 Å². The summed E-state index contributed by atoms with van der Waals surface area (Å²) in [6.45, 7) is 4.59. The SMILES string of the molecule is Cc1cc(C)n(-c2ccc(NC(=O)[C@@H]3CCCCN3C(=O)c3cccs3)cc2)n1. The van der Waals surface area contributed by atoms with Gasteiger partial charge in [-0.05, 0) is 74.9 Å². The number of rotatable bonds is 4. The molecule has 4 rings (SSSR count). The predicted molar refractivity (Wildman–Crippen MR) is 115 cm³/mol. The van der Waals surface area contributed by atoms with E-state index in [4.69, 9.17) is 0 Å². The van der Waals surface area contributed by atoms with E-state index in [1.54, 1.807) is 4.90 Å². The van der Waals surface area contributed by atoms with Crippen molar-refractivity contribution in [2.75, 3.05) is 11.9 Å². The number of likely N-dealkylation sites (tertiary alicyclic amines) is 1. The third-order valence-corrected chi connectivity index (χ3v) is 6.05. The van der Waals surface area contributed by atoms with E-state index in [1.165, 1.54) is 11.3 Å². The van der Waals surface area contributed by atoms with Gasteiger partial charge >= 0.3 is 0 Å². The Bertz CT molecular complexity index is 1010. The Labute approximate surface area is 174 Å². The summed E-state index contributed by atoms with van der Waals surface area (Å²) in [7, 11) is 0. The molecule has 0 unspecified atom stereocenters. The van der Waals surface area contributed by atoms with Crippen LogP contribution >= 0.6 is 11.3 Å². The first-order valence-electron chi connectivity index (χ1n) is 9.82. The number of aromatic nitrogens is 2. The largest absolute Gasteiger partial charge is 0.326 e. The molecule has 1 aliphatic rings. The van der Waals surface area contributed by atoms with Crippen molar-refractivity contribution in [2.45, 2.75) is 39.2 Å². The molecule has 0 aliphatic carbocycles. The van der Waals surface area contributed by atoms with Gasteiger partial charge in [0, 0.05) is 17.9 Å². The molecule has 1 N–H and O–H groups in total. The van der Waals surface area contributed by atoms with E-state index in [0.29, 0.717) is 17.8 Å². The van der Waals surface area contributed by atoms with Crippen molar-refractivity contribution in [3.05, 3.63) is 64.1 Å². The van der Waals surface area contributed by atoms with Crippen molar-refractivity contribution in [1.82, 2.24) is 14.7 Å². The second-order valence-corrected chi connectivity index (χ2v) is 8.31. The molecular weight excluding hydrogens is 384 g/mol. The van der Waals surface area contributed by atoms with Gasteiger partial charge in [-0.1, -0.05) is 6.07 Å². The third kappa shape index (κ3) is 4.10. The van der Waals surface area contributed by atoms with Crippen LogP contribution in [0.15, 0.2) is 47.8 Å². The molecule has 2 amide bonds. The van der Waals surface area contributed by atoms with Crippen molar-refractivity contribution in [3.63, 3.8) is 0 Å². The number of benzene rings is 1. The molecular formula is C22H24N4O2S. The number of hydrogen-bond acceptors (Lipinski definition) is 4. The molecule has 29 heavy (non-hydrogen) atoms. The van der Waals surface area contributed by atoms with E-state index >= 15 is 0 Å². The molecule has 3 aromatic rings. The summed E-state index contributed by atoms with van der Waals surface area (Å²) >= 11 is 1.41. The molecule has 0 radical (unpaired) electrons. The molecule has 3 heterocycles. The Morgan fingerprint density at radius 2 is 1.93 bits per heavy atom. The first kappa shape index (κ1) is 19.4. The fourth-order valence-electron chi connectivity index (χ4n) is 3.79. The lowest BCUT2D eigenvalue weighted by Crippen LogP contribution is -2.49. The molecule has 1 saturated heterocycles. The zero-order chi connectivity index (χ0) is 20.4. The van der Waals surface area contributed by atoms with E-state index in [9.17, 15) is 9.59 Å². The number of anilines is 1. The topological polar surface area (TPSA) is 67.2 Å². The van der Waals surface area contributed by atoms with Crippen LogP contribution in [-0.4, -0.2) is 39.1 Å². The minimum Gasteiger partial charge on any atom is -0.326 e. The monoisotopic (exact) mass is 408 g/mol. The Balaban J connectivity index is 1.47. The lowest BCUT2D eigenvalue weighted by atomic mass is 10.0. The summed E-state index contributed by atoms with van der Waals surface area (Å²) in [6, 6.07) is 12.9. The number of amides is 2. The molecule has 1 aliphatic heterocycles. The molecule has 150 valence electrons. The Morgan fingerprint density at radius 1 is 1.14 bits per heavy atom. The molecule has 6 nitrogen and oxygen atoms in total. The van der Waals surface area contributed by atoms with Gasteiger partial charge in [0.05, 0.1) is 16.3 Å². The number of nitrogens with zero attached hydrogens (tertiary/aromatic N) is 3. The van der Waals surface area contributed by atoms with Crippen molar-refractivity contribution in [2.24, 2.45) is 0 Å². The van der Waals surface area contributed by atoms with E-state index < -0.39 is 6.04 Å². The zero-order valence-corrected chi connectivity index (χ0v) is 17.4. The van der Waals surface area contributed by atoms with Crippen molar-refractivity contribution < 1.29 is 9.59 Å². The van der Waals surface area contributed by atoms with E-state index in [-0.39, 0.29) is 11.8 Å². The Morgan fingerprint density at radius 3 is 2.59 bits per heavy atom. The van der Waals surface area contributed by atoms with Crippen LogP contribution < -0.4 is 5.32 Å². The summed E-state index contributed by atoms with van der Waals surface area (Å²) < 4.78 is 1.88. The highest BCUT2D eigenvalue weighted by Gasteiger charge is 2.33. The number of hydrogen-bond donors (Lipinski definition) is 1. The van der Waals surface area contributed by atoms with Crippen molar-refractivity contribution in [1.29, 1.82) is 0 Å². The smallest absolute Gasteiger partial charge is 0.264 e. The van der Waals surface area contributed by atoms with Crippen LogP contribution in [0.25, 0.3) is 5.69 Å². The second-order valence-electron chi connectivity index (χ2n) is 7.36. The summed E-state index contributed by atoms with van der Waals surface area (Å²) in [5.74, 6) is -0.187. The molecule has 0 spiro atoms. The first-order valence-corrected chi connectivity index (χ1v) is 10.7. The maximum Gasteiger partial charge on any atom is 0.264 e. The van der Waals surface area contributed by atoms with Gasteiger partial charge in [0.1, 0.15) is 6.04 Å². The Kier molecular flexibility index (Phi) is 5.49. The number of thiophene rings is 1. The highest BCUT2D eigenvalue weighted by atomic mass is 32.1. The van der Waals surface area contributed by atoms with Gasteiger partial charge in [-0.2, -0.15) is 5.10 Å². The van der Waals surface area contributed by atoms with Gasteiger partial charge in [0.15, 0.2) is 0 Å². The maximum atomic E-state index is 12.9.